The normalized spacial score (nSPS) is 32.0. The van der Waals surface area contributed by atoms with Crippen molar-refractivity contribution < 1.29 is 19.2 Å². The van der Waals surface area contributed by atoms with Crippen LogP contribution in [0.15, 0.2) is 30.4 Å². The number of imide groups is 1. The maximum absolute atomic E-state index is 12.6. The van der Waals surface area contributed by atoms with Gasteiger partial charge in [-0.1, -0.05) is 18.2 Å². The van der Waals surface area contributed by atoms with Gasteiger partial charge in [0.2, 0.25) is 11.8 Å². The maximum atomic E-state index is 12.6. The molecule has 2 bridgehead atoms. The zero-order valence-corrected chi connectivity index (χ0v) is 11.6. The zero-order valence-electron chi connectivity index (χ0n) is 11.6. The van der Waals surface area contributed by atoms with E-state index in [9.17, 15) is 19.7 Å². The van der Waals surface area contributed by atoms with Crippen molar-refractivity contribution in [3.63, 3.8) is 0 Å². The van der Waals surface area contributed by atoms with Gasteiger partial charge in [-0.15, -0.1) is 0 Å². The highest BCUT2D eigenvalue weighted by Gasteiger charge is 2.61. The van der Waals surface area contributed by atoms with Gasteiger partial charge in [-0.3, -0.25) is 19.7 Å². The van der Waals surface area contributed by atoms with E-state index in [1.165, 1.54) is 12.1 Å². The quantitative estimate of drug-likeness (QED) is 0.356. The number of aryl methyl sites for hydroxylation is 1. The molecule has 0 unspecified atom stereocenters. The molecule has 1 aromatic carbocycles. The third kappa shape index (κ3) is 1.54. The summed E-state index contributed by atoms with van der Waals surface area (Å²) in [6.45, 7) is 1.72. The van der Waals surface area contributed by atoms with Crippen molar-refractivity contribution in [2.24, 2.45) is 11.8 Å². The minimum absolute atomic E-state index is 0.0411. The van der Waals surface area contributed by atoms with Gasteiger partial charge in [0.1, 0.15) is 5.69 Å². The summed E-state index contributed by atoms with van der Waals surface area (Å²) in [5.41, 5.74) is 0.502. The van der Waals surface area contributed by atoms with Gasteiger partial charge in [-0.25, -0.2) is 4.90 Å². The van der Waals surface area contributed by atoms with E-state index in [2.05, 4.69) is 0 Å². The van der Waals surface area contributed by atoms with Crippen molar-refractivity contribution in [2.45, 2.75) is 19.1 Å². The molecule has 3 heterocycles. The van der Waals surface area contributed by atoms with E-state index in [1.807, 2.05) is 0 Å². The van der Waals surface area contributed by atoms with Crippen LogP contribution in [0.25, 0.3) is 0 Å². The first-order valence-electron chi connectivity index (χ1n) is 6.95. The first-order valence-corrected chi connectivity index (χ1v) is 6.95. The van der Waals surface area contributed by atoms with Gasteiger partial charge in [-0.05, 0) is 18.6 Å². The van der Waals surface area contributed by atoms with Crippen molar-refractivity contribution in [3.05, 3.63) is 46.0 Å². The Bertz CT molecular complexity index is 726. The lowest BCUT2D eigenvalue weighted by atomic mass is 9.85. The largest absolute Gasteiger partial charge is 0.365 e. The van der Waals surface area contributed by atoms with Crippen LogP contribution in [-0.2, 0) is 14.3 Å². The van der Waals surface area contributed by atoms with Gasteiger partial charge in [0.25, 0.3) is 5.69 Å². The molecule has 0 aromatic heterocycles. The lowest BCUT2D eigenvalue weighted by Gasteiger charge is -2.17. The molecular formula is C15H12N2O5. The lowest BCUT2D eigenvalue weighted by Crippen LogP contribution is -2.34. The van der Waals surface area contributed by atoms with Gasteiger partial charge in [0.15, 0.2) is 0 Å². The molecule has 22 heavy (non-hydrogen) atoms. The van der Waals surface area contributed by atoms with Gasteiger partial charge in [-0.2, -0.15) is 0 Å². The fraction of sp³-hybridized carbons (Fsp3) is 0.333. The number of anilines is 1. The van der Waals surface area contributed by atoms with E-state index in [4.69, 9.17) is 4.74 Å². The number of hydrogen-bond donors (Lipinski definition) is 0. The number of fused-ring (bicyclic) bond motifs is 5. The molecule has 0 aliphatic carbocycles. The minimum atomic E-state index is -0.569. The average Bonchev–Trinajstić information content (AvgIpc) is 3.14. The highest BCUT2D eigenvalue weighted by Crippen LogP contribution is 2.47. The summed E-state index contributed by atoms with van der Waals surface area (Å²) in [4.78, 5) is 36.9. The number of nitro benzene ring substituents is 1. The van der Waals surface area contributed by atoms with Crippen molar-refractivity contribution in [1.82, 2.24) is 0 Å². The van der Waals surface area contributed by atoms with Crippen molar-refractivity contribution in [1.29, 1.82) is 0 Å². The third-order valence-electron chi connectivity index (χ3n) is 4.48. The number of rotatable bonds is 2. The summed E-state index contributed by atoms with van der Waals surface area (Å²) in [5.74, 6) is -1.97. The van der Waals surface area contributed by atoms with Gasteiger partial charge < -0.3 is 4.74 Å². The van der Waals surface area contributed by atoms with Crippen LogP contribution < -0.4 is 4.90 Å². The molecule has 2 saturated heterocycles. The second-order valence-corrected chi connectivity index (χ2v) is 5.76. The first kappa shape index (κ1) is 13.1. The van der Waals surface area contributed by atoms with Crippen LogP contribution in [-0.4, -0.2) is 28.9 Å². The number of ether oxygens (including phenoxy) is 1. The Labute approximate surface area is 125 Å². The van der Waals surface area contributed by atoms with Crippen molar-refractivity contribution in [3.8, 4) is 0 Å². The third-order valence-corrected chi connectivity index (χ3v) is 4.48. The molecule has 7 nitrogen and oxygen atoms in total. The van der Waals surface area contributed by atoms with E-state index in [-0.39, 0.29) is 11.4 Å². The molecule has 0 saturated carbocycles. The van der Waals surface area contributed by atoms with Crippen molar-refractivity contribution >= 4 is 23.2 Å². The SMILES string of the molecule is Cc1ccc(N2C(=O)[C@@H]3[C@H](C2=O)[C@H]2C=C[C@H]3O2)c([N+](=O)[O-])c1. The van der Waals surface area contributed by atoms with Crippen LogP contribution in [0.2, 0.25) is 0 Å². The Morgan fingerprint density at radius 2 is 1.73 bits per heavy atom. The minimum Gasteiger partial charge on any atom is -0.365 e. The number of carbonyl (C=O) groups is 2. The Morgan fingerprint density at radius 3 is 2.27 bits per heavy atom. The molecule has 3 aliphatic rings. The molecule has 1 aromatic rings. The number of benzene rings is 1. The second kappa shape index (κ2) is 4.23. The smallest absolute Gasteiger partial charge is 0.293 e. The average molecular weight is 300 g/mol. The highest BCUT2D eigenvalue weighted by molar-refractivity contribution is 6.24. The predicted molar refractivity (Wildman–Crippen MR) is 75.1 cm³/mol. The van der Waals surface area contributed by atoms with E-state index in [1.54, 1.807) is 25.1 Å². The molecule has 4 rings (SSSR count). The van der Waals surface area contributed by atoms with E-state index < -0.39 is 40.8 Å². The predicted octanol–water partition coefficient (Wildman–Crippen LogP) is 1.35. The molecule has 4 atom stereocenters. The van der Waals surface area contributed by atoms with Crippen LogP contribution >= 0.6 is 0 Å². The standard InChI is InChI=1S/C15H12N2O5/c1-7-2-3-8(9(6-7)17(20)21)16-14(18)12-10-4-5-11(22-10)13(12)15(16)19/h2-6,10-13H,1H3/t10-,11-,12-,13+/m1/s1. The fourth-order valence-corrected chi connectivity index (χ4v) is 3.51. The number of nitro groups is 1. The summed E-state index contributed by atoms with van der Waals surface area (Å²) >= 11 is 0. The molecule has 3 aliphatic heterocycles. The number of amides is 2. The molecule has 7 heteroatoms. The molecule has 0 N–H and O–H groups in total. The lowest BCUT2D eigenvalue weighted by molar-refractivity contribution is -0.384. The maximum Gasteiger partial charge on any atom is 0.293 e. The van der Waals surface area contributed by atoms with Gasteiger partial charge in [0, 0.05) is 6.07 Å². The molecule has 0 radical (unpaired) electrons. The van der Waals surface area contributed by atoms with E-state index in [0.717, 1.165) is 4.90 Å². The van der Waals surface area contributed by atoms with Crippen LogP contribution in [0, 0.1) is 28.9 Å². The topological polar surface area (TPSA) is 89.8 Å². The summed E-state index contributed by atoms with van der Waals surface area (Å²) in [6.07, 6.45) is 2.76. The van der Waals surface area contributed by atoms with Gasteiger partial charge >= 0.3 is 0 Å². The van der Waals surface area contributed by atoms with Crippen LogP contribution in [0.4, 0.5) is 11.4 Å². The zero-order chi connectivity index (χ0) is 15.6. The van der Waals surface area contributed by atoms with Crippen LogP contribution in [0.1, 0.15) is 5.56 Å². The van der Waals surface area contributed by atoms with E-state index in [0.29, 0.717) is 5.56 Å². The van der Waals surface area contributed by atoms with E-state index >= 15 is 0 Å². The van der Waals surface area contributed by atoms with Crippen LogP contribution in [0.5, 0.6) is 0 Å². The fourth-order valence-electron chi connectivity index (χ4n) is 3.51. The summed E-state index contributed by atoms with van der Waals surface area (Å²) < 4.78 is 5.55. The second-order valence-electron chi connectivity index (χ2n) is 5.76. The Morgan fingerprint density at radius 1 is 1.14 bits per heavy atom. The molecule has 112 valence electrons. The summed E-state index contributed by atoms with van der Waals surface area (Å²) in [7, 11) is 0. The number of nitrogens with zero attached hydrogens (tertiary/aromatic N) is 2. The summed E-state index contributed by atoms with van der Waals surface area (Å²) in [6, 6.07) is 4.48. The molecule has 2 amide bonds. The summed E-state index contributed by atoms with van der Waals surface area (Å²) in [5, 5.41) is 11.3. The van der Waals surface area contributed by atoms with Gasteiger partial charge in [0.05, 0.1) is 29.0 Å². The molecular weight excluding hydrogens is 288 g/mol. The Hall–Kier alpha value is -2.54. The monoisotopic (exact) mass is 300 g/mol. The first-order chi connectivity index (χ1) is 10.5. The number of hydrogen-bond acceptors (Lipinski definition) is 5. The molecule has 0 spiro atoms. The Kier molecular flexibility index (Phi) is 2.53. The highest BCUT2D eigenvalue weighted by atomic mass is 16.6. The Balaban J connectivity index is 1.81. The van der Waals surface area contributed by atoms with Crippen LogP contribution in [0.3, 0.4) is 0 Å². The number of carbonyl (C=O) groups excluding carboxylic acids is 2. The van der Waals surface area contributed by atoms with Crippen molar-refractivity contribution in [2.75, 3.05) is 4.90 Å². The molecule has 2 fully saturated rings.